The summed E-state index contributed by atoms with van der Waals surface area (Å²) in [6.07, 6.45) is 0.474. The first kappa shape index (κ1) is 16.6. The number of amides is 1. The van der Waals surface area contributed by atoms with Crippen molar-refractivity contribution in [2.45, 2.75) is 44.8 Å². The van der Waals surface area contributed by atoms with Crippen molar-refractivity contribution in [1.82, 2.24) is 4.90 Å². The lowest BCUT2D eigenvalue weighted by Gasteiger charge is -2.38. The van der Waals surface area contributed by atoms with E-state index in [0.717, 1.165) is 17.7 Å². The minimum absolute atomic E-state index is 0.00925. The van der Waals surface area contributed by atoms with Crippen LogP contribution in [-0.4, -0.2) is 42.8 Å². The molecule has 0 aliphatic carbocycles. The van der Waals surface area contributed by atoms with Crippen LogP contribution >= 0.6 is 0 Å². The van der Waals surface area contributed by atoms with Crippen LogP contribution in [0.1, 0.15) is 38.7 Å². The average Bonchev–Trinajstić information content (AvgIpc) is 2.46. The van der Waals surface area contributed by atoms with Gasteiger partial charge in [0, 0.05) is 30.6 Å². The summed E-state index contributed by atoms with van der Waals surface area (Å²) < 4.78 is 10.9. The highest BCUT2D eigenvalue weighted by Gasteiger charge is 2.33. The van der Waals surface area contributed by atoms with Crippen molar-refractivity contribution in [3.05, 3.63) is 29.8 Å². The molecular formula is C17H26N2O3. The number of nitrogens with zero attached hydrogens (tertiary/aromatic N) is 1. The zero-order valence-corrected chi connectivity index (χ0v) is 13.8. The van der Waals surface area contributed by atoms with E-state index in [0.29, 0.717) is 13.1 Å². The molecule has 0 spiro atoms. The lowest BCUT2D eigenvalue weighted by Crippen LogP contribution is -2.49. The van der Waals surface area contributed by atoms with E-state index in [1.807, 2.05) is 45.0 Å². The molecule has 0 bridgehead atoms. The summed E-state index contributed by atoms with van der Waals surface area (Å²) in [7, 11) is 1.65. The quantitative estimate of drug-likeness (QED) is 0.912. The second-order valence-corrected chi connectivity index (χ2v) is 6.73. The van der Waals surface area contributed by atoms with Crippen molar-refractivity contribution >= 4 is 6.09 Å². The molecule has 2 atom stereocenters. The van der Waals surface area contributed by atoms with Crippen LogP contribution in [-0.2, 0) is 4.74 Å². The highest BCUT2D eigenvalue weighted by atomic mass is 16.6. The molecule has 0 unspecified atom stereocenters. The predicted molar refractivity (Wildman–Crippen MR) is 86.1 cm³/mol. The fraction of sp³-hybridized carbons (Fsp3) is 0.588. The van der Waals surface area contributed by atoms with Gasteiger partial charge < -0.3 is 20.1 Å². The number of rotatable bonds is 2. The molecule has 1 aliphatic heterocycles. The zero-order valence-electron chi connectivity index (χ0n) is 13.8. The fourth-order valence-electron chi connectivity index (χ4n) is 2.76. The minimum atomic E-state index is -0.490. The van der Waals surface area contributed by atoms with Gasteiger partial charge in [-0.2, -0.15) is 0 Å². The maximum absolute atomic E-state index is 12.3. The summed E-state index contributed by atoms with van der Waals surface area (Å²) >= 11 is 0. The average molecular weight is 306 g/mol. The van der Waals surface area contributed by atoms with Gasteiger partial charge in [-0.15, -0.1) is 0 Å². The molecule has 22 heavy (non-hydrogen) atoms. The van der Waals surface area contributed by atoms with E-state index in [-0.39, 0.29) is 18.1 Å². The Bertz CT molecular complexity index is 525. The molecule has 2 N–H and O–H groups in total. The van der Waals surface area contributed by atoms with Crippen LogP contribution in [0.25, 0.3) is 0 Å². The molecule has 2 rings (SSSR count). The van der Waals surface area contributed by atoms with Gasteiger partial charge in [-0.3, -0.25) is 0 Å². The van der Waals surface area contributed by atoms with Crippen LogP contribution in [0, 0.1) is 0 Å². The molecule has 122 valence electrons. The molecule has 0 aromatic heterocycles. The Morgan fingerprint density at radius 2 is 2.00 bits per heavy atom. The van der Waals surface area contributed by atoms with Gasteiger partial charge in [0.05, 0.1) is 7.11 Å². The summed E-state index contributed by atoms with van der Waals surface area (Å²) in [6.45, 7) is 6.80. The van der Waals surface area contributed by atoms with Crippen LogP contribution in [0.15, 0.2) is 24.3 Å². The van der Waals surface area contributed by atoms with Crippen molar-refractivity contribution in [2.24, 2.45) is 5.73 Å². The largest absolute Gasteiger partial charge is 0.496 e. The normalized spacial score (nSPS) is 22.3. The lowest BCUT2D eigenvalue weighted by molar-refractivity contribution is 0.0185. The number of hydrogen-bond donors (Lipinski definition) is 1. The van der Waals surface area contributed by atoms with E-state index in [1.165, 1.54) is 0 Å². The van der Waals surface area contributed by atoms with Crippen molar-refractivity contribution in [1.29, 1.82) is 0 Å². The van der Waals surface area contributed by atoms with E-state index < -0.39 is 5.60 Å². The molecule has 0 radical (unpaired) electrons. The number of para-hydroxylation sites is 1. The van der Waals surface area contributed by atoms with E-state index in [9.17, 15) is 4.79 Å². The molecule has 5 heteroatoms. The molecule has 1 aliphatic rings. The van der Waals surface area contributed by atoms with Gasteiger partial charge in [-0.25, -0.2) is 4.79 Å². The monoisotopic (exact) mass is 306 g/mol. The first-order valence-electron chi connectivity index (χ1n) is 7.68. The number of piperidine rings is 1. The third-order valence-electron chi connectivity index (χ3n) is 3.86. The first-order valence-corrected chi connectivity index (χ1v) is 7.68. The molecule has 1 aromatic carbocycles. The Balaban J connectivity index is 2.16. The van der Waals surface area contributed by atoms with E-state index in [4.69, 9.17) is 15.2 Å². The molecule has 0 saturated carbocycles. The van der Waals surface area contributed by atoms with Gasteiger partial charge in [0.25, 0.3) is 0 Å². The van der Waals surface area contributed by atoms with Crippen molar-refractivity contribution < 1.29 is 14.3 Å². The molecule has 1 fully saturated rings. The molecular weight excluding hydrogens is 280 g/mol. The number of carbonyl (C=O) groups excluding carboxylic acids is 1. The molecule has 1 heterocycles. The first-order chi connectivity index (χ1) is 10.3. The van der Waals surface area contributed by atoms with Crippen molar-refractivity contribution in [3.63, 3.8) is 0 Å². The number of carbonyl (C=O) groups is 1. The Hall–Kier alpha value is -1.75. The topological polar surface area (TPSA) is 64.8 Å². The van der Waals surface area contributed by atoms with Crippen LogP contribution < -0.4 is 10.5 Å². The van der Waals surface area contributed by atoms with Crippen molar-refractivity contribution in [2.75, 3.05) is 20.2 Å². The summed E-state index contributed by atoms with van der Waals surface area (Å²) in [6, 6.07) is 7.85. The van der Waals surface area contributed by atoms with Crippen molar-refractivity contribution in [3.8, 4) is 5.75 Å². The van der Waals surface area contributed by atoms with E-state index in [1.54, 1.807) is 12.0 Å². The summed E-state index contributed by atoms with van der Waals surface area (Å²) in [5, 5.41) is 0. The molecule has 1 saturated heterocycles. The maximum atomic E-state index is 12.3. The minimum Gasteiger partial charge on any atom is -0.496 e. The molecule has 5 nitrogen and oxygen atoms in total. The number of ether oxygens (including phenoxy) is 2. The Morgan fingerprint density at radius 3 is 2.64 bits per heavy atom. The Morgan fingerprint density at radius 1 is 1.32 bits per heavy atom. The third kappa shape index (κ3) is 3.91. The Kier molecular flexibility index (Phi) is 4.96. The predicted octanol–water partition coefficient (Wildman–Crippen LogP) is 2.75. The summed E-state index contributed by atoms with van der Waals surface area (Å²) in [4.78, 5) is 14.0. The molecule has 1 aromatic rings. The number of likely N-dealkylation sites (tertiary alicyclic amines) is 1. The van der Waals surface area contributed by atoms with Gasteiger partial charge in [0.2, 0.25) is 0 Å². The maximum Gasteiger partial charge on any atom is 0.410 e. The number of hydrogen-bond acceptors (Lipinski definition) is 4. The number of nitrogens with two attached hydrogens (primary N) is 1. The zero-order chi connectivity index (χ0) is 16.3. The van der Waals surface area contributed by atoms with Gasteiger partial charge in [0.15, 0.2) is 0 Å². The Labute approximate surface area is 132 Å². The fourth-order valence-corrected chi connectivity index (χ4v) is 2.76. The SMILES string of the molecule is COc1ccccc1[C@@H]1CN(C(=O)OC(C)(C)C)CC[C@@H]1N. The number of methoxy groups -OCH3 is 1. The van der Waals surface area contributed by atoms with Crippen LogP contribution in [0.5, 0.6) is 5.75 Å². The van der Waals surface area contributed by atoms with Crippen LogP contribution in [0.4, 0.5) is 4.79 Å². The van der Waals surface area contributed by atoms with E-state index in [2.05, 4.69) is 0 Å². The molecule has 1 amide bonds. The smallest absolute Gasteiger partial charge is 0.410 e. The van der Waals surface area contributed by atoms with Crippen LogP contribution in [0.3, 0.4) is 0 Å². The second-order valence-electron chi connectivity index (χ2n) is 6.73. The lowest BCUT2D eigenvalue weighted by atomic mass is 9.86. The standard InChI is InChI=1S/C17H26N2O3/c1-17(2,3)22-16(20)19-10-9-14(18)13(11-19)12-7-5-6-8-15(12)21-4/h5-8,13-14H,9-11,18H2,1-4H3/t13-,14-/m0/s1. The van der Waals surface area contributed by atoms with E-state index >= 15 is 0 Å². The highest BCUT2D eigenvalue weighted by molar-refractivity contribution is 5.68. The number of benzene rings is 1. The summed E-state index contributed by atoms with van der Waals surface area (Å²) in [5.74, 6) is 0.867. The third-order valence-corrected chi connectivity index (χ3v) is 3.86. The van der Waals surface area contributed by atoms with Gasteiger partial charge in [0.1, 0.15) is 11.4 Å². The second kappa shape index (κ2) is 6.57. The van der Waals surface area contributed by atoms with Crippen LogP contribution in [0.2, 0.25) is 0 Å². The van der Waals surface area contributed by atoms with Gasteiger partial charge >= 0.3 is 6.09 Å². The summed E-state index contributed by atoms with van der Waals surface area (Å²) in [5.41, 5.74) is 6.85. The highest BCUT2D eigenvalue weighted by Crippen LogP contribution is 2.33. The van der Waals surface area contributed by atoms with Gasteiger partial charge in [-0.1, -0.05) is 18.2 Å². The van der Waals surface area contributed by atoms with Gasteiger partial charge in [-0.05, 0) is 33.3 Å².